The average molecular weight is 427 g/mol. The third-order valence-electron chi connectivity index (χ3n) is 2.75. The molecule has 0 atom stereocenters. The number of rotatable bonds is 4. The molecule has 3 rings (SSSR count). The maximum absolute atomic E-state index is 11.8. The van der Waals surface area contributed by atoms with E-state index in [4.69, 9.17) is 9.15 Å². The van der Waals surface area contributed by atoms with Gasteiger partial charge in [0.2, 0.25) is 0 Å². The number of carbonyl (C=O) groups is 1. The van der Waals surface area contributed by atoms with E-state index in [0.29, 0.717) is 5.69 Å². The molecule has 2 aromatic heterocycles. The summed E-state index contributed by atoms with van der Waals surface area (Å²) in [5.41, 5.74) is 1.46. The van der Waals surface area contributed by atoms with Gasteiger partial charge >= 0.3 is 12.0 Å². The summed E-state index contributed by atoms with van der Waals surface area (Å²) in [7, 11) is 0. The van der Waals surface area contributed by atoms with Crippen LogP contribution in [0.2, 0.25) is 0 Å². The van der Waals surface area contributed by atoms with Crippen LogP contribution in [0.25, 0.3) is 11.6 Å². The number of aromatic nitrogens is 3. The molecule has 0 unspecified atom stereocenters. The summed E-state index contributed by atoms with van der Waals surface area (Å²) in [5.74, 6) is -0.232. The van der Waals surface area contributed by atoms with Gasteiger partial charge in [-0.2, -0.15) is 0 Å². The largest absolute Gasteiger partial charge is 0.422 e. The first-order valence-electron chi connectivity index (χ1n) is 6.24. The van der Waals surface area contributed by atoms with Gasteiger partial charge in [-0.3, -0.25) is 4.79 Å². The molecule has 0 radical (unpaired) electrons. The predicted octanol–water partition coefficient (Wildman–Crippen LogP) is 3.74. The SMILES string of the molecule is O=C(Cc1ccccc1)Oc1nnc(-c2cc(Br)c(Br)[nH]2)o1. The molecule has 0 saturated carbocycles. The van der Waals surface area contributed by atoms with Crippen LogP contribution in [0.15, 0.2) is 49.9 Å². The number of hydrogen-bond acceptors (Lipinski definition) is 5. The van der Waals surface area contributed by atoms with Crippen LogP contribution in [0.1, 0.15) is 5.56 Å². The number of carbonyl (C=O) groups excluding carboxylic acids is 1. The van der Waals surface area contributed by atoms with Crippen molar-refractivity contribution in [2.24, 2.45) is 0 Å². The quantitative estimate of drug-likeness (QED) is 0.642. The minimum atomic E-state index is -0.463. The molecular formula is C14H9Br2N3O3. The highest BCUT2D eigenvalue weighted by Gasteiger charge is 2.16. The summed E-state index contributed by atoms with van der Waals surface area (Å²) in [6, 6.07) is 11.0. The molecule has 0 spiro atoms. The maximum Gasteiger partial charge on any atom is 0.422 e. The van der Waals surface area contributed by atoms with Crippen molar-refractivity contribution in [1.29, 1.82) is 0 Å². The number of aromatic amines is 1. The number of halogens is 2. The van der Waals surface area contributed by atoms with Crippen LogP contribution in [0.3, 0.4) is 0 Å². The van der Waals surface area contributed by atoms with E-state index in [-0.39, 0.29) is 18.4 Å². The van der Waals surface area contributed by atoms with Gasteiger partial charge in [-0.05, 0) is 43.5 Å². The highest BCUT2D eigenvalue weighted by atomic mass is 79.9. The molecule has 0 aliphatic heterocycles. The summed E-state index contributed by atoms with van der Waals surface area (Å²) in [5, 5.41) is 7.54. The maximum atomic E-state index is 11.8. The lowest BCUT2D eigenvalue weighted by molar-refractivity contribution is -0.135. The number of benzene rings is 1. The standard InChI is InChI=1S/C14H9Br2N3O3/c15-9-7-10(17-12(9)16)13-18-19-14(22-13)21-11(20)6-8-4-2-1-3-5-8/h1-5,7,17H,6H2. The Morgan fingerprint density at radius 1 is 1.23 bits per heavy atom. The molecule has 3 aromatic rings. The van der Waals surface area contributed by atoms with Gasteiger partial charge in [0.1, 0.15) is 5.69 Å². The number of hydrogen-bond donors (Lipinski definition) is 1. The van der Waals surface area contributed by atoms with E-state index in [2.05, 4.69) is 47.0 Å². The van der Waals surface area contributed by atoms with E-state index in [1.54, 1.807) is 6.07 Å². The highest BCUT2D eigenvalue weighted by molar-refractivity contribution is 9.13. The van der Waals surface area contributed by atoms with Crippen molar-refractivity contribution in [3.8, 4) is 17.7 Å². The second-order valence-corrected chi connectivity index (χ2v) is 6.00. The lowest BCUT2D eigenvalue weighted by Gasteiger charge is -1.99. The normalized spacial score (nSPS) is 10.6. The first-order chi connectivity index (χ1) is 10.6. The Labute approximate surface area is 142 Å². The highest BCUT2D eigenvalue weighted by Crippen LogP contribution is 2.29. The Kier molecular flexibility index (Phi) is 4.39. The molecule has 6 nitrogen and oxygen atoms in total. The summed E-state index contributed by atoms with van der Waals surface area (Å²) in [6.07, 6.45) is -0.0456. The van der Waals surface area contributed by atoms with Gasteiger partial charge in [0.05, 0.1) is 15.5 Å². The monoisotopic (exact) mass is 425 g/mol. The predicted molar refractivity (Wildman–Crippen MR) is 85.3 cm³/mol. The zero-order valence-corrected chi connectivity index (χ0v) is 14.2. The Hall–Kier alpha value is -1.93. The van der Waals surface area contributed by atoms with Crippen LogP contribution in [-0.2, 0) is 11.2 Å². The molecule has 8 heteroatoms. The van der Waals surface area contributed by atoms with Gasteiger partial charge in [-0.25, -0.2) is 0 Å². The van der Waals surface area contributed by atoms with Gasteiger partial charge in [0.15, 0.2) is 0 Å². The number of nitrogens with zero attached hydrogens (tertiary/aromatic N) is 2. The summed E-state index contributed by atoms with van der Waals surface area (Å²) < 4.78 is 11.9. The van der Waals surface area contributed by atoms with Crippen molar-refractivity contribution in [1.82, 2.24) is 15.2 Å². The number of H-pyrrole nitrogens is 1. The summed E-state index contributed by atoms with van der Waals surface area (Å²) in [6.45, 7) is 0. The molecular weight excluding hydrogens is 418 g/mol. The van der Waals surface area contributed by atoms with Gasteiger partial charge in [-0.15, -0.1) is 5.10 Å². The number of esters is 1. The molecule has 0 saturated heterocycles. The van der Waals surface area contributed by atoms with Crippen molar-refractivity contribution >= 4 is 37.8 Å². The zero-order valence-electron chi connectivity index (χ0n) is 11.0. The van der Waals surface area contributed by atoms with Crippen molar-refractivity contribution in [3.63, 3.8) is 0 Å². The van der Waals surface area contributed by atoms with Gasteiger partial charge in [0.25, 0.3) is 5.89 Å². The van der Waals surface area contributed by atoms with Crippen LogP contribution >= 0.6 is 31.9 Å². The molecule has 1 aromatic carbocycles. The van der Waals surface area contributed by atoms with Crippen molar-refractivity contribution in [2.75, 3.05) is 0 Å². The van der Waals surface area contributed by atoms with E-state index in [1.807, 2.05) is 30.3 Å². The average Bonchev–Trinajstić information content (AvgIpc) is 3.07. The van der Waals surface area contributed by atoms with E-state index >= 15 is 0 Å². The molecule has 22 heavy (non-hydrogen) atoms. The second-order valence-electron chi connectivity index (χ2n) is 4.35. The van der Waals surface area contributed by atoms with E-state index in [9.17, 15) is 4.79 Å². The van der Waals surface area contributed by atoms with Crippen molar-refractivity contribution in [3.05, 3.63) is 51.0 Å². The Morgan fingerprint density at radius 2 is 2.00 bits per heavy atom. The van der Waals surface area contributed by atoms with Crippen LogP contribution < -0.4 is 4.74 Å². The summed E-state index contributed by atoms with van der Waals surface area (Å²) in [4.78, 5) is 14.8. The number of ether oxygens (including phenoxy) is 1. The minimum Gasteiger partial charge on any atom is -0.387 e. The Bertz CT molecular complexity index is 779. The molecule has 1 N–H and O–H groups in total. The van der Waals surface area contributed by atoms with Crippen LogP contribution in [0.5, 0.6) is 6.08 Å². The fourth-order valence-corrected chi connectivity index (χ4v) is 2.43. The molecule has 2 heterocycles. The molecule has 0 amide bonds. The van der Waals surface area contributed by atoms with Crippen LogP contribution in [0, 0.1) is 0 Å². The lowest BCUT2D eigenvalue weighted by atomic mass is 10.2. The second kappa shape index (κ2) is 6.45. The third-order valence-corrected chi connectivity index (χ3v) is 4.54. The fourth-order valence-electron chi connectivity index (χ4n) is 1.78. The molecule has 112 valence electrons. The smallest absolute Gasteiger partial charge is 0.387 e. The topological polar surface area (TPSA) is 81.0 Å². The van der Waals surface area contributed by atoms with Crippen LogP contribution in [0.4, 0.5) is 0 Å². The zero-order chi connectivity index (χ0) is 15.5. The van der Waals surface area contributed by atoms with Gasteiger partial charge in [0, 0.05) is 0 Å². The molecule has 0 fully saturated rings. The fraction of sp³-hybridized carbons (Fsp3) is 0.0714. The van der Waals surface area contributed by atoms with Gasteiger partial charge in [-0.1, -0.05) is 35.4 Å². The first kappa shape index (κ1) is 15.0. The summed E-state index contributed by atoms with van der Waals surface area (Å²) >= 11 is 6.66. The minimum absolute atomic E-state index is 0.137. The Morgan fingerprint density at radius 3 is 2.68 bits per heavy atom. The lowest BCUT2D eigenvalue weighted by Crippen LogP contribution is -2.11. The first-order valence-corrected chi connectivity index (χ1v) is 7.83. The molecule has 0 aliphatic rings. The van der Waals surface area contributed by atoms with E-state index < -0.39 is 5.97 Å². The molecule has 0 bridgehead atoms. The van der Waals surface area contributed by atoms with E-state index in [1.165, 1.54) is 0 Å². The third kappa shape index (κ3) is 3.45. The number of nitrogens with one attached hydrogen (secondary N) is 1. The van der Waals surface area contributed by atoms with Crippen LogP contribution in [-0.4, -0.2) is 21.2 Å². The van der Waals surface area contributed by atoms with Crippen molar-refractivity contribution < 1.29 is 13.9 Å². The van der Waals surface area contributed by atoms with E-state index in [0.717, 1.165) is 14.6 Å². The molecule has 0 aliphatic carbocycles. The van der Waals surface area contributed by atoms with Crippen molar-refractivity contribution in [2.45, 2.75) is 6.42 Å². The Balaban J connectivity index is 1.68. The van der Waals surface area contributed by atoms with Gasteiger partial charge < -0.3 is 14.1 Å².